The van der Waals surface area contributed by atoms with E-state index in [4.69, 9.17) is 0 Å². The van der Waals surface area contributed by atoms with Gasteiger partial charge in [0.25, 0.3) is 0 Å². The van der Waals surface area contributed by atoms with Crippen molar-refractivity contribution in [2.75, 3.05) is 13.2 Å². The van der Waals surface area contributed by atoms with Crippen LogP contribution < -0.4 is 10.6 Å². The van der Waals surface area contributed by atoms with Crippen molar-refractivity contribution in [1.29, 1.82) is 0 Å². The molecular formula is C18H22N2O3S. The van der Waals surface area contributed by atoms with Crippen LogP contribution in [0, 0.1) is 0 Å². The molecule has 0 radical (unpaired) electrons. The van der Waals surface area contributed by atoms with E-state index < -0.39 is 11.8 Å². The topological polar surface area (TPSA) is 78.4 Å². The minimum atomic E-state index is -0.623. The fourth-order valence-electron chi connectivity index (χ4n) is 2.46. The number of aliphatic hydroxyl groups is 1. The van der Waals surface area contributed by atoms with Gasteiger partial charge in [-0.2, -0.15) is 0 Å². The van der Waals surface area contributed by atoms with Crippen molar-refractivity contribution in [3.05, 3.63) is 58.3 Å². The number of nitrogens with one attached hydrogen (secondary N) is 2. The van der Waals surface area contributed by atoms with E-state index in [1.54, 1.807) is 0 Å². The minimum Gasteiger partial charge on any atom is -0.396 e. The number of aliphatic hydroxyl groups excluding tert-OH is 1. The van der Waals surface area contributed by atoms with Crippen LogP contribution in [-0.2, 0) is 16.1 Å². The number of carbonyl (C=O) groups is 2. The molecule has 0 aliphatic heterocycles. The van der Waals surface area contributed by atoms with Gasteiger partial charge in [0.05, 0.1) is 6.54 Å². The first-order valence-corrected chi connectivity index (χ1v) is 8.83. The van der Waals surface area contributed by atoms with Gasteiger partial charge in [0.2, 0.25) is 0 Å². The molecule has 0 unspecified atom stereocenters. The maximum atomic E-state index is 11.8. The highest BCUT2D eigenvalue weighted by atomic mass is 32.1. The lowest BCUT2D eigenvalue weighted by atomic mass is 9.93. The summed E-state index contributed by atoms with van der Waals surface area (Å²) in [5.74, 6) is -1.09. The molecule has 0 aliphatic carbocycles. The smallest absolute Gasteiger partial charge is 0.309 e. The van der Waals surface area contributed by atoms with Crippen LogP contribution in [0.4, 0.5) is 0 Å². The summed E-state index contributed by atoms with van der Waals surface area (Å²) in [5.41, 5.74) is 1.13. The Kier molecular flexibility index (Phi) is 7.45. The Bertz CT molecular complexity index is 629. The van der Waals surface area contributed by atoms with E-state index >= 15 is 0 Å². The van der Waals surface area contributed by atoms with E-state index in [0.29, 0.717) is 25.9 Å². The fraction of sp³-hybridized carbons (Fsp3) is 0.333. The molecule has 1 aromatic heterocycles. The van der Waals surface area contributed by atoms with Crippen LogP contribution >= 0.6 is 11.3 Å². The second kappa shape index (κ2) is 9.85. The predicted octanol–water partition coefficient (Wildman–Crippen LogP) is 2.04. The zero-order valence-electron chi connectivity index (χ0n) is 13.4. The highest BCUT2D eigenvalue weighted by molar-refractivity contribution is 7.09. The summed E-state index contributed by atoms with van der Waals surface area (Å²) in [6.07, 6.45) is 1.30. The molecule has 24 heavy (non-hydrogen) atoms. The average Bonchev–Trinajstić information content (AvgIpc) is 3.13. The molecule has 3 N–H and O–H groups in total. The monoisotopic (exact) mass is 346 g/mol. The van der Waals surface area contributed by atoms with Crippen LogP contribution in [0.3, 0.4) is 0 Å². The standard InChI is InChI=1S/C18H22N2O3S/c21-11-9-15(14-5-2-1-3-6-14)8-10-19-17(22)18(23)20-13-16-7-4-12-24-16/h1-7,12,15,21H,8-11,13H2,(H,19,22)(H,20,23)/t15-/m1/s1. The van der Waals surface area contributed by atoms with Crippen molar-refractivity contribution in [3.63, 3.8) is 0 Å². The van der Waals surface area contributed by atoms with E-state index in [9.17, 15) is 14.7 Å². The first-order valence-electron chi connectivity index (χ1n) is 7.95. The van der Waals surface area contributed by atoms with Crippen molar-refractivity contribution in [2.24, 2.45) is 0 Å². The third-order valence-corrected chi connectivity index (χ3v) is 4.61. The summed E-state index contributed by atoms with van der Waals surface area (Å²) < 4.78 is 0. The molecular weight excluding hydrogens is 324 g/mol. The lowest BCUT2D eigenvalue weighted by Gasteiger charge is -2.16. The van der Waals surface area contributed by atoms with Gasteiger partial charge in [-0.3, -0.25) is 9.59 Å². The first kappa shape index (κ1) is 18.2. The van der Waals surface area contributed by atoms with Gasteiger partial charge in [0.15, 0.2) is 0 Å². The maximum absolute atomic E-state index is 11.8. The number of carbonyl (C=O) groups excluding carboxylic acids is 2. The van der Waals surface area contributed by atoms with Gasteiger partial charge in [-0.15, -0.1) is 11.3 Å². The normalized spacial score (nSPS) is 11.7. The zero-order valence-corrected chi connectivity index (χ0v) is 14.2. The number of benzene rings is 1. The van der Waals surface area contributed by atoms with Crippen molar-refractivity contribution in [3.8, 4) is 0 Å². The molecule has 128 valence electrons. The molecule has 0 saturated carbocycles. The largest absolute Gasteiger partial charge is 0.396 e. The van der Waals surface area contributed by atoms with Gasteiger partial charge in [0, 0.05) is 18.0 Å². The molecule has 0 aliphatic rings. The second-order valence-electron chi connectivity index (χ2n) is 5.43. The van der Waals surface area contributed by atoms with Crippen LogP contribution in [0.15, 0.2) is 47.8 Å². The van der Waals surface area contributed by atoms with E-state index in [2.05, 4.69) is 10.6 Å². The van der Waals surface area contributed by atoms with Gasteiger partial charge < -0.3 is 15.7 Å². The SMILES string of the molecule is O=C(NCC[C@H](CCO)c1ccccc1)C(=O)NCc1cccs1. The van der Waals surface area contributed by atoms with E-state index in [-0.39, 0.29) is 12.5 Å². The Hall–Kier alpha value is -2.18. The molecule has 2 aromatic rings. The quantitative estimate of drug-likeness (QED) is 0.640. The third kappa shape index (κ3) is 5.79. The minimum absolute atomic E-state index is 0.0921. The molecule has 1 heterocycles. The molecule has 2 rings (SSSR count). The highest BCUT2D eigenvalue weighted by Gasteiger charge is 2.15. The van der Waals surface area contributed by atoms with Gasteiger partial charge in [-0.25, -0.2) is 0 Å². The molecule has 5 nitrogen and oxygen atoms in total. The van der Waals surface area contributed by atoms with E-state index in [1.807, 2.05) is 47.8 Å². The summed E-state index contributed by atoms with van der Waals surface area (Å²) in [5, 5.41) is 16.4. The van der Waals surface area contributed by atoms with Gasteiger partial charge >= 0.3 is 11.8 Å². The molecule has 0 fully saturated rings. The van der Waals surface area contributed by atoms with Crippen LogP contribution in [-0.4, -0.2) is 30.1 Å². The molecule has 1 atom stereocenters. The number of hydrogen-bond donors (Lipinski definition) is 3. The van der Waals surface area contributed by atoms with Crippen LogP contribution in [0.5, 0.6) is 0 Å². The lowest BCUT2D eigenvalue weighted by Crippen LogP contribution is -2.40. The summed E-state index contributed by atoms with van der Waals surface area (Å²) >= 11 is 1.53. The second-order valence-corrected chi connectivity index (χ2v) is 6.46. The lowest BCUT2D eigenvalue weighted by molar-refractivity contribution is -0.139. The predicted molar refractivity (Wildman–Crippen MR) is 94.7 cm³/mol. The average molecular weight is 346 g/mol. The van der Waals surface area contributed by atoms with Gasteiger partial charge in [-0.05, 0) is 35.8 Å². The highest BCUT2D eigenvalue weighted by Crippen LogP contribution is 2.22. The Balaban J connectivity index is 1.74. The Morgan fingerprint density at radius 3 is 2.42 bits per heavy atom. The van der Waals surface area contributed by atoms with Crippen molar-refractivity contribution < 1.29 is 14.7 Å². The zero-order chi connectivity index (χ0) is 17.2. The van der Waals surface area contributed by atoms with Gasteiger partial charge in [0.1, 0.15) is 0 Å². The number of thiophene rings is 1. The summed E-state index contributed by atoms with van der Waals surface area (Å²) in [6.45, 7) is 0.848. The first-order chi connectivity index (χ1) is 11.7. The third-order valence-electron chi connectivity index (χ3n) is 3.74. The van der Waals surface area contributed by atoms with Gasteiger partial charge in [-0.1, -0.05) is 36.4 Å². The van der Waals surface area contributed by atoms with Crippen molar-refractivity contribution in [1.82, 2.24) is 10.6 Å². The molecule has 1 aromatic carbocycles. The van der Waals surface area contributed by atoms with Crippen LogP contribution in [0.2, 0.25) is 0 Å². The number of amides is 2. The molecule has 6 heteroatoms. The number of hydrogen-bond acceptors (Lipinski definition) is 4. The Labute approximate surface area is 145 Å². The van der Waals surface area contributed by atoms with Crippen LogP contribution in [0.1, 0.15) is 29.2 Å². The number of rotatable bonds is 8. The van der Waals surface area contributed by atoms with Crippen LogP contribution in [0.25, 0.3) is 0 Å². The van der Waals surface area contributed by atoms with Crippen molar-refractivity contribution in [2.45, 2.75) is 25.3 Å². The molecule has 2 amide bonds. The molecule has 0 spiro atoms. The summed E-state index contributed by atoms with van der Waals surface area (Å²) in [7, 11) is 0. The van der Waals surface area contributed by atoms with Crippen molar-refractivity contribution >= 4 is 23.2 Å². The summed E-state index contributed by atoms with van der Waals surface area (Å²) in [4.78, 5) is 24.6. The Morgan fingerprint density at radius 2 is 1.75 bits per heavy atom. The summed E-state index contributed by atoms with van der Waals surface area (Å²) in [6, 6.07) is 13.7. The van der Waals surface area contributed by atoms with E-state index in [1.165, 1.54) is 11.3 Å². The Morgan fingerprint density at radius 1 is 1.00 bits per heavy atom. The van der Waals surface area contributed by atoms with E-state index in [0.717, 1.165) is 10.4 Å². The fourth-order valence-corrected chi connectivity index (χ4v) is 3.10. The maximum Gasteiger partial charge on any atom is 0.309 e. The molecule has 0 saturated heterocycles. The molecule has 0 bridgehead atoms.